The number of fused-ring (bicyclic) bond motifs is 1. The molecule has 4 unspecified atom stereocenters. The highest BCUT2D eigenvalue weighted by Gasteiger charge is 2.48. The van der Waals surface area contributed by atoms with Gasteiger partial charge in [-0.2, -0.15) is 0 Å². The van der Waals surface area contributed by atoms with E-state index in [4.69, 9.17) is 4.89 Å². The van der Waals surface area contributed by atoms with Crippen LogP contribution < -0.4 is 0 Å². The Morgan fingerprint density at radius 1 is 1.00 bits per heavy atom. The molecule has 0 spiro atoms. The summed E-state index contributed by atoms with van der Waals surface area (Å²) in [6, 6.07) is 0. The fraction of sp³-hybridized carbons (Fsp3) is 1.00. The summed E-state index contributed by atoms with van der Waals surface area (Å²) in [6.45, 7) is 11.3. The van der Waals surface area contributed by atoms with Crippen LogP contribution in [-0.4, -0.2) is 11.4 Å². The van der Waals surface area contributed by atoms with Crippen molar-refractivity contribution in [1.29, 1.82) is 0 Å². The molecule has 2 aliphatic rings. The van der Waals surface area contributed by atoms with Gasteiger partial charge < -0.3 is 0 Å². The Bertz CT molecular complexity index is 334. The predicted octanol–water partition coefficient (Wildman–Crippen LogP) is 5.91. The summed E-state index contributed by atoms with van der Waals surface area (Å²) in [6.07, 6.45) is 10.8. The van der Waals surface area contributed by atoms with Gasteiger partial charge in [0.15, 0.2) is 0 Å². The van der Waals surface area contributed by atoms with Gasteiger partial charge >= 0.3 is 0 Å². The van der Waals surface area contributed by atoms with Crippen LogP contribution in [0.1, 0.15) is 86.0 Å². The van der Waals surface area contributed by atoms with Crippen LogP contribution in [0.3, 0.4) is 0 Å². The smallest absolute Gasteiger partial charge is 0.103 e. The van der Waals surface area contributed by atoms with E-state index in [0.29, 0.717) is 5.92 Å². The van der Waals surface area contributed by atoms with Crippen LogP contribution in [0.5, 0.6) is 0 Å². The zero-order chi connectivity index (χ0) is 15.7. The van der Waals surface area contributed by atoms with Crippen LogP contribution in [0, 0.1) is 28.6 Å². The Morgan fingerprint density at radius 3 is 2.19 bits per heavy atom. The molecule has 2 saturated carbocycles. The van der Waals surface area contributed by atoms with Crippen molar-refractivity contribution < 1.29 is 10.1 Å². The lowest BCUT2D eigenvalue weighted by molar-refractivity contribution is -0.332. The van der Waals surface area contributed by atoms with Crippen LogP contribution in [0.15, 0.2) is 0 Å². The van der Waals surface area contributed by atoms with Crippen LogP contribution in [0.2, 0.25) is 0 Å². The Morgan fingerprint density at radius 2 is 1.62 bits per heavy atom. The molecule has 0 saturated heterocycles. The van der Waals surface area contributed by atoms with Gasteiger partial charge in [-0.3, -0.25) is 5.26 Å². The molecule has 2 nitrogen and oxygen atoms in total. The Kier molecular flexibility index (Phi) is 5.41. The third kappa shape index (κ3) is 3.47. The molecule has 0 aromatic rings. The molecule has 0 heterocycles. The van der Waals surface area contributed by atoms with E-state index in [0.717, 1.165) is 18.3 Å². The molecule has 0 aliphatic heterocycles. The van der Waals surface area contributed by atoms with Gasteiger partial charge in [0.25, 0.3) is 0 Å². The van der Waals surface area contributed by atoms with E-state index < -0.39 is 0 Å². The average Bonchev–Trinajstić information content (AvgIpc) is 2.46. The topological polar surface area (TPSA) is 29.5 Å². The van der Waals surface area contributed by atoms with Gasteiger partial charge in [0.2, 0.25) is 0 Å². The standard InChI is InChI=1S/C19H36O2/c1-6-18(2,3)17(21-20)19(4,5)16-12-11-14-9-7-8-10-15(14)13-16/h14-17,20H,6-13H2,1-5H3. The SMILES string of the molecule is CCC(C)(C)C(OO)C(C)(C)C1CCC2CCCCC2C1. The number of rotatable bonds is 5. The minimum atomic E-state index is -0.0832. The molecule has 21 heavy (non-hydrogen) atoms. The van der Waals surface area contributed by atoms with E-state index in [-0.39, 0.29) is 16.9 Å². The molecule has 2 heteroatoms. The second kappa shape index (κ2) is 6.58. The Hall–Kier alpha value is -0.0800. The van der Waals surface area contributed by atoms with Gasteiger partial charge in [0.1, 0.15) is 6.10 Å². The maximum Gasteiger partial charge on any atom is 0.103 e. The third-order valence-electron chi connectivity index (χ3n) is 6.99. The van der Waals surface area contributed by atoms with E-state index in [1.807, 2.05) is 0 Å². The molecule has 1 N–H and O–H groups in total. The fourth-order valence-electron chi connectivity index (χ4n) is 5.23. The van der Waals surface area contributed by atoms with Crippen molar-refractivity contribution in [2.75, 3.05) is 0 Å². The first kappa shape index (κ1) is 17.3. The minimum Gasteiger partial charge on any atom is -0.251 e. The third-order valence-corrected chi connectivity index (χ3v) is 6.99. The zero-order valence-corrected chi connectivity index (χ0v) is 14.8. The molecule has 4 atom stereocenters. The lowest BCUT2D eigenvalue weighted by atomic mass is 9.57. The molecule has 0 radical (unpaired) electrons. The summed E-state index contributed by atoms with van der Waals surface area (Å²) in [7, 11) is 0. The summed E-state index contributed by atoms with van der Waals surface area (Å²) in [4.78, 5) is 5.06. The first-order valence-electron chi connectivity index (χ1n) is 9.13. The highest BCUT2D eigenvalue weighted by Crippen LogP contribution is 2.52. The zero-order valence-electron chi connectivity index (χ0n) is 14.8. The van der Waals surface area contributed by atoms with Gasteiger partial charge in [0.05, 0.1) is 0 Å². The molecule has 2 rings (SSSR count). The molecular formula is C19H36O2. The van der Waals surface area contributed by atoms with Crippen LogP contribution in [0.25, 0.3) is 0 Å². The van der Waals surface area contributed by atoms with Gasteiger partial charge in [-0.05, 0) is 54.3 Å². The lowest BCUT2D eigenvalue weighted by Crippen LogP contribution is -2.48. The van der Waals surface area contributed by atoms with Gasteiger partial charge in [-0.15, -0.1) is 0 Å². The summed E-state index contributed by atoms with van der Waals surface area (Å²) < 4.78 is 0. The Labute approximate surface area is 131 Å². The van der Waals surface area contributed by atoms with E-state index in [1.54, 1.807) is 0 Å². The van der Waals surface area contributed by atoms with Crippen LogP contribution >= 0.6 is 0 Å². The molecular weight excluding hydrogens is 260 g/mol. The molecule has 2 fully saturated rings. The summed E-state index contributed by atoms with van der Waals surface area (Å²) in [5.41, 5.74) is 0.0539. The second-order valence-corrected chi connectivity index (χ2v) is 8.96. The van der Waals surface area contributed by atoms with Crippen molar-refractivity contribution >= 4 is 0 Å². The first-order chi connectivity index (χ1) is 9.82. The minimum absolute atomic E-state index is 0.0155. The normalized spacial score (nSPS) is 32.6. The number of hydrogen-bond acceptors (Lipinski definition) is 2. The maximum atomic E-state index is 9.59. The molecule has 0 aromatic carbocycles. The van der Waals surface area contributed by atoms with Crippen molar-refractivity contribution in [1.82, 2.24) is 0 Å². The molecule has 124 valence electrons. The average molecular weight is 296 g/mol. The van der Waals surface area contributed by atoms with Crippen LogP contribution in [-0.2, 0) is 4.89 Å². The quantitative estimate of drug-likeness (QED) is 0.504. The summed E-state index contributed by atoms with van der Waals surface area (Å²) in [5.74, 6) is 2.60. The summed E-state index contributed by atoms with van der Waals surface area (Å²) in [5, 5.41) is 9.59. The van der Waals surface area contributed by atoms with Crippen molar-refractivity contribution in [3.05, 3.63) is 0 Å². The van der Waals surface area contributed by atoms with Crippen molar-refractivity contribution in [3.63, 3.8) is 0 Å². The van der Waals surface area contributed by atoms with E-state index in [1.165, 1.54) is 44.9 Å². The highest BCUT2D eigenvalue weighted by molar-refractivity contribution is 4.96. The monoisotopic (exact) mass is 296 g/mol. The highest BCUT2D eigenvalue weighted by atomic mass is 17.1. The number of hydrogen-bond donors (Lipinski definition) is 1. The molecule has 0 aromatic heterocycles. The summed E-state index contributed by atoms with van der Waals surface area (Å²) >= 11 is 0. The lowest BCUT2D eigenvalue weighted by Gasteiger charge is -2.50. The Balaban J connectivity index is 2.11. The van der Waals surface area contributed by atoms with E-state index in [2.05, 4.69) is 34.6 Å². The van der Waals surface area contributed by atoms with Crippen molar-refractivity contribution in [2.24, 2.45) is 28.6 Å². The fourth-order valence-corrected chi connectivity index (χ4v) is 5.23. The van der Waals surface area contributed by atoms with Crippen molar-refractivity contribution in [2.45, 2.75) is 92.1 Å². The van der Waals surface area contributed by atoms with Crippen LogP contribution in [0.4, 0.5) is 0 Å². The van der Waals surface area contributed by atoms with Gasteiger partial charge in [-0.25, -0.2) is 4.89 Å². The van der Waals surface area contributed by atoms with E-state index >= 15 is 0 Å². The maximum absolute atomic E-state index is 9.59. The van der Waals surface area contributed by atoms with Gasteiger partial charge in [0, 0.05) is 0 Å². The molecule has 2 aliphatic carbocycles. The molecule has 0 amide bonds. The molecule has 0 bridgehead atoms. The van der Waals surface area contributed by atoms with Gasteiger partial charge in [-0.1, -0.05) is 60.3 Å². The van der Waals surface area contributed by atoms with E-state index in [9.17, 15) is 5.26 Å². The first-order valence-corrected chi connectivity index (χ1v) is 9.13. The predicted molar refractivity (Wildman–Crippen MR) is 88.1 cm³/mol. The van der Waals surface area contributed by atoms with Crippen molar-refractivity contribution in [3.8, 4) is 0 Å². The largest absolute Gasteiger partial charge is 0.251 e. The second-order valence-electron chi connectivity index (χ2n) is 8.96.